The van der Waals surface area contributed by atoms with Gasteiger partial charge in [0.15, 0.2) is 0 Å². The van der Waals surface area contributed by atoms with Gasteiger partial charge < -0.3 is 15.4 Å². The van der Waals surface area contributed by atoms with Crippen LogP contribution in [-0.4, -0.2) is 24.7 Å². The molecule has 0 aliphatic heterocycles. The molecular formula is C11H19N3O. The molecule has 0 amide bonds. The molecule has 0 aliphatic rings. The summed E-state index contributed by atoms with van der Waals surface area (Å²) in [6, 6.07) is 4.16. The standard InChI is InChI=1S/C11H19N3O/c1-5-14(8(2)3)10-7-6-9(12)11(13-10)15-4/h6-8H,5,12H2,1-4H3. The van der Waals surface area contributed by atoms with Gasteiger partial charge in [0.2, 0.25) is 5.88 Å². The van der Waals surface area contributed by atoms with Gasteiger partial charge in [-0.1, -0.05) is 0 Å². The molecule has 84 valence electrons. The first-order valence-electron chi connectivity index (χ1n) is 5.17. The Morgan fingerprint density at radius 1 is 1.47 bits per heavy atom. The van der Waals surface area contributed by atoms with E-state index in [-0.39, 0.29) is 0 Å². The van der Waals surface area contributed by atoms with Crippen LogP contribution in [0.5, 0.6) is 5.88 Å². The van der Waals surface area contributed by atoms with Gasteiger partial charge in [0.1, 0.15) is 5.82 Å². The van der Waals surface area contributed by atoms with E-state index < -0.39 is 0 Å². The van der Waals surface area contributed by atoms with Crippen molar-refractivity contribution in [2.45, 2.75) is 26.8 Å². The molecule has 0 aliphatic carbocycles. The van der Waals surface area contributed by atoms with E-state index >= 15 is 0 Å². The molecule has 1 aromatic rings. The molecule has 4 heteroatoms. The lowest BCUT2D eigenvalue weighted by atomic mass is 10.3. The van der Waals surface area contributed by atoms with Crippen LogP contribution in [-0.2, 0) is 0 Å². The van der Waals surface area contributed by atoms with Crippen molar-refractivity contribution in [3.63, 3.8) is 0 Å². The number of pyridine rings is 1. The predicted octanol–water partition coefficient (Wildman–Crippen LogP) is 1.91. The molecule has 2 N–H and O–H groups in total. The number of hydrogen-bond acceptors (Lipinski definition) is 4. The number of ether oxygens (including phenoxy) is 1. The zero-order valence-electron chi connectivity index (χ0n) is 9.82. The zero-order valence-corrected chi connectivity index (χ0v) is 9.82. The summed E-state index contributed by atoms with van der Waals surface area (Å²) in [6.07, 6.45) is 0. The highest BCUT2D eigenvalue weighted by Crippen LogP contribution is 2.23. The molecule has 0 fully saturated rings. The molecule has 4 nitrogen and oxygen atoms in total. The molecule has 0 bridgehead atoms. The van der Waals surface area contributed by atoms with Crippen LogP contribution in [0.2, 0.25) is 0 Å². The van der Waals surface area contributed by atoms with Crippen LogP contribution in [0, 0.1) is 0 Å². The van der Waals surface area contributed by atoms with Crippen LogP contribution in [0.25, 0.3) is 0 Å². The SMILES string of the molecule is CCN(c1ccc(N)c(OC)n1)C(C)C. The minimum absolute atomic E-state index is 0.413. The number of aromatic nitrogens is 1. The maximum Gasteiger partial charge on any atom is 0.238 e. The van der Waals surface area contributed by atoms with Crippen LogP contribution in [0.1, 0.15) is 20.8 Å². The van der Waals surface area contributed by atoms with E-state index in [0.29, 0.717) is 17.6 Å². The number of nitrogens with zero attached hydrogens (tertiary/aromatic N) is 2. The third kappa shape index (κ3) is 2.52. The smallest absolute Gasteiger partial charge is 0.238 e. The largest absolute Gasteiger partial charge is 0.479 e. The monoisotopic (exact) mass is 209 g/mol. The number of rotatable bonds is 4. The molecule has 0 saturated carbocycles. The summed E-state index contributed by atoms with van der Waals surface area (Å²) in [7, 11) is 1.58. The van der Waals surface area contributed by atoms with E-state index in [1.807, 2.05) is 12.1 Å². The molecule has 0 radical (unpaired) electrons. The third-order valence-corrected chi connectivity index (χ3v) is 2.33. The van der Waals surface area contributed by atoms with Gasteiger partial charge in [-0.3, -0.25) is 0 Å². The Morgan fingerprint density at radius 3 is 2.60 bits per heavy atom. The number of methoxy groups -OCH3 is 1. The second-order valence-corrected chi connectivity index (χ2v) is 3.65. The van der Waals surface area contributed by atoms with Gasteiger partial charge >= 0.3 is 0 Å². The summed E-state index contributed by atoms with van der Waals surface area (Å²) in [4.78, 5) is 6.54. The minimum atomic E-state index is 0.413. The Labute approximate surface area is 91.1 Å². The first-order valence-corrected chi connectivity index (χ1v) is 5.17. The molecule has 1 rings (SSSR count). The van der Waals surface area contributed by atoms with E-state index in [1.54, 1.807) is 7.11 Å². The maximum absolute atomic E-state index is 5.71. The summed E-state index contributed by atoms with van der Waals surface area (Å²) in [5.41, 5.74) is 6.28. The van der Waals surface area contributed by atoms with Gasteiger partial charge in [-0.15, -0.1) is 0 Å². The summed E-state index contributed by atoms with van der Waals surface area (Å²) < 4.78 is 5.10. The molecule has 0 saturated heterocycles. The van der Waals surface area contributed by atoms with Crippen molar-refractivity contribution in [3.05, 3.63) is 12.1 Å². The van der Waals surface area contributed by atoms with E-state index in [4.69, 9.17) is 10.5 Å². The molecule has 1 aromatic heterocycles. The average Bonchev–Trinajstić information content (AvgIpc) is 2.21. The Balaban J connectivity index is 3.03. The van der Waals surface area contributed by atoms with E-state index in [2.05, 4.69) is 30.7 Å². The molecule has 0 unspecified atom stereocenters. The molecule has 0 aromatic carbocycles. The normalized spacial score (nSPS) is 10.5. The van der Waals surface area contributed by atoms with Gasteiger partial charge in [-0.05, 0) is 32.9 Å². The van der Waals surface area contributed by atoms with E-state index in [9.17, 15) is 0 Å². The lowest BCUT2D eigenvalue weighted by molar-refractivity contribution is 0.400. The number of hydrogen-bond donors (Lipinski definition) is 1. The van der Waals surface area contributed by atoms with Crippen LogP contribution in [0.4, 0.5) is 11.5 Å². The van der Waals surface area contributed by atoms with Crippen molar-refractivity contribution in [2.24, 2.45) is 0 Å². The highest BCUT2D eigenvalue weighted by molar-refractivity contribution is 5.54. The summed E-state index contributed by atoms with van der Waals surface area (Å²) in [5, 5.41) is 0. The second kappa shape index (κ2) is 4.87. The molecular weight excluding hydrogens is 190 g/mol. The van der Waals surface area contributed by atoms with Crippen molar-refractivity contribution in [1.82, 2.24) is 4.98 Å². The van der Waals surface area contributed by atoms with Crippen molar-refractivity contribution >= 4 is 11.5 Å². The van der Waals surface area contributed by atoms with Crippen molar-refractivity contribution < 1.29 is 4.74 Å². The lowest BCUT2D eigenvalue weighted by Crippen LogP contribution is -2.31. The first kappa shape index (κ1) is 11.6. The van der Waals surface area contributed by atoms with Gasteiger partial charge in [0, 0.05) is 12.6 Å². The molecule has 15 heavy (non-hydrogen) atoms. The van der Waals surface area contributed by atoms with E-state index in [1.165, 1.54) is 0 Å². The third-order valence-electron chi connectivity index (χ3n) is 2.33. The average molecular weight is 209 g/mol. The van der Waals surface area contributed by atoms with Gasteiger partial charge in [-0.2, -0.15) is 4.98 Å². The Kier molecular flexibility index (Phi) is 3.77. The van der Waals surface area contributed by atoms with Crippen LogP contribution in [0.15, 0.2) is 12.1 Å². The van der Waals surface area contributed by atoms with Crippen molar-refractivity contribution in [2.75, 3.05) is 24.3 Å². The summed E-state index contributed by atoms with van der Waals surface area (Å²) in [6.45, 7) is 7.28. The van der Waals surface area contributed by atoms with Crippen LogP contribution >= 0.6 is 0 Å². The zero-order chi connectivity index (χ0) is 11.4. The van der Waals surface area contributed by atoms with Crippen LogP contribution < -0.4 is 15.4 Å². The van der Waals surface area contributed by atoms with Crippen LogP contribution in [0.3, 0.4) is 0 Å². The Bertz CT molecular complexity index is 326. The number of nitrogen functional groups attached to an aromatic ring is 1. The maximum atomic E-state index is 5.71. The molecule has 0 atom stereocenters. The molecule has 0 spiro atoms. The number of anilines is 2. The summed E-state index contributed by atoms with van der Waals surface area (Å²) >= 11 is 0. The van der Waals surface area contributed by atoms with Gasteiger partial charge in [0.25, 0.3) is 0 Å². The second-order valence-electron chi connectivity index (χ2n) is 3.65. The predicted molar refractivity (Wildman–Crippen MR) is 63.4 cm³/mol. The highest BCUT2D eigenvalue weighted by Gasteiger charge is 2.11. The highest BCUT2D eigenvalue weighted by atomic mass is 16.5. The van der Waals surface area contributed by atoms with Gasteiger partial charge in [0.05, 0.1) is 12.8 Å². The first-order chi connectivity index (χ1) is 7.10. The van der Waals surface area contributed by atoms with Crippen molar-refractivity contribution in [3.8, 4) is 5.88 Å². The Morgan fingerprint density at radius 2 is 2.13 bits per heavy atom. The minimum Gasteiger partial charge on any atom is -0.479 e. The van der Waals surface area contributed by atoms with E-state index in [0.717, 1.165) is 12.4 Å². The fourth-order valence-corrected chi connectivity index (χ4v) is 1.56. The quantitative estimate of drug-likeness (QED) is 0.823. The lowest BCUT2D eigenvalue weighted by Gasteiger charge is -2.26. The fourth-order valence-electron chi connectivity index (χ4n) is 1.56. The molecule has 1 heterocycles. The topological polar surface area (TPSA) is 51.4 Å². The van der Waals surface area contributed by atoms with Gasteiger partial charge in [-0.25, -0.2) is 0 Å². The van der Waals surface area contributed by atoms with Crippen molar-refractivity contribution in [1.29, 1.82) is 0 Å². The summed E-state index contributed by atoms with van der Waals surface area (Å²) in [5.74, 6) is 1.39. The fraction of sp³-hybridized carbons (Fsp3) is 0.545. The Hall–Kier alpha value is -1.45. The number of nitrogens with two attached hydrogens (primary N) is 1.